The fourth-order valence-corrected chi connectivity index (χ4v) is 1.03. The molecule has 6 heteroatoms. The van der Waals surface area contributed by atoms with Crippen molar-refractivity contribution in [1.82, 2.24) is 5.32 Å². The first-order chi connectivity index (χ1) is 7.41. The SMILES string of the molecule is CC(O)CNC(=O)c1cc(F)c(F)cc1F. The molecule has 0 saturated heterocycles. The Kier molecular flexibility index (Phi) is 3.89. The number of nitrogens with one attached hydrogen (secondary N) is 1. The molecular weight excluding hydrogens is 223 g/mol. The zero-order chi connectivity index (χ0) is 12.3. The van der Waals surface area contributed by atoms with Gasteiger partial charge in [-0.25, -0.2) is 13.2 Å². The molecule has 88 valence electrons. The fourth-order valence-electron chi connectivity index (χ4n) is 1.03. The molecule has 1 unspecified atom stereocenters. The number of amides is 1. The Balaban J connectivity index is 2.87. The van der Waals surface area contributed by atoms with E-state index < -0.39 is 35.0 Å². The second kappa shape index (κ2) is 4.98. The van der Waals surface area contributed by atoms with Gasteiger partial charge in [-0.1, -0.05) is 0 Å². The fraction of sp³-hybridized carbons (Fsp3) is 0.300. The van der Waals surface area contributed by atoms with Crippen LogP contribution in [0.25, 0.3) is 0 Å². The number of hydrogen-bond donors (Lipinski definition) is 2. The Morgan fingerprint density at radius 1 is 1.31 bits per heavy atom. The van der Waals surface area contributed by atoms with E-state index in [9.17, 15) is 18.0 Å². The van der Waals surface area contributed by atoms with Crippen molar-refractivity contribution in [2.24, 2.45) is 0 Å². The average Bonchev–Trinajstić information content (AvgIpc) is 2.20. The van der Waals surface area contributed by atoms with Gasteiger partial charge in [0.15, 0.2) is 11.6 Å². The Morgan fingerprint density at radius 2 is 1.88 bits per heavy atom. The van der Waals surface area contributed by atoms with Crippen LogP contribution < -0.4 is 5.32 Å². The second-order valence-corrected chi connectivity index (χ2v) is 3.31. The van der Waals surface area contributed by atoms with Gasteiger partial charge < -0.3 is 10.4 Å². The lowest BCUT2D eigenvalue weighted by molar-refractivity contribution is 0.0919. The third kappa shape index (κ3) is 2.96. The maximum atomic E-state index is 13.1. The summed E-state index contributed by atoms with van der Waals surface area (Å²) in [4.78, 5) is 11.3. The molecule has 1 aromatic rings. The first kappa shape index (κ1) is 12.5. The van der Waals surface area contributed by atoms with Crippen LogP contribution in [-0.2, 0) is 0 Å². The van der Waals surface area contributed by atoms with Crippen molar-refractivity contribution in [2.75, 3.05) is 6.54 Å². The molecule has 16 heavy (non-hydrogen) atoms. The lowest BCUT2D eigenvalue weighted by Gasteiger charge is -2.08. The number of carbonyl (C=O) groups excluding carboxylic acids is 1. The van der Waals surface area contributed by atoms with Crippen molar-refractivity contribution in [1.29, 1.82) is 0 Å². The van der Waals surface area contributed by atoms with E-state index in [0.29, 0.717) is 12.1 Å². The van der Waals surface area contributed by atoms with Gasteiger partial charge in [-0.05, 0) is 13.0 Å². The summed E-state index contributed by atoms with van der Waals surface area (Å²) in [6.45, 7) is 1.32. The van der Waals surface area contributed by atoms with E-state index in [1.165, 1.54) is 6.92 Å². The lowest BCUT2D eigenvalue weighted by Crippen LogP contribution is -2.31. The first-order valence-corrected chi connectivity index (χ1v) is 4.52. The minimum absolute atomic E-state index is 0.0999. The molecule has 0 radical (unpaired) electrons. The van der Waals surface area contributed by atoms with Crippen molar-refractivity contribution in [3.05, 3.63) is 35.1 Å². The Bertz CT molecular complexity index is 407. The van der Waals surface area contributed by atoms with E-state index in [1.807, 2.05) is 0 Å². The van der Waals surface area contributed by atoms with Crippen LogP contribution in [0.4, 0.5) is 13.2 Å². The highest BCUT2D eigenvalue weighted by molar-refractivity contribution is 5.94. The molecule has 1 aromatic carbocycles. The standard InChI is InChI=1S/C10H10F3NO2/c1-5(15)4-14-10(16)6-2-8(12)9(13)3-7(6)11/h2-3,5,15H,4H2,1H3,(H,14,16). The normalized spacial score (nSPS) is 12.3. The van der Waals surface area contributed by atoms with Gasteiger partial charge >= 0.3 is 0 Å². The van der Waals surface area contributed by atoms with Gasteiger partial charge in [0, 0.05) is 12.6 Å². The highest BCUT2D eigenvalue weighted by Gasteiger charge is 2.16. The average molecular weight is 233 g/mol. The number of aliphatic hydroxyl groups is 1. The summed E-state index contributed by atoms with van der Waals surface area (Å²) in [5.74, 6) is -4.72. The summed E-state index contributed by atoms with van der Waals surface area (Å²) in [6, 6.07) is 0.772. The maximum Gasteiger partial charge on any atom is 0.254 e. The molecule has 2 N–H and O–H groups in total. The zero-order valence-corrected chi connectivity index (χ0v) is 8.43. The largest absolute Gasteiger partial charge is 0.392 e. The van der Waals surface area contributed by atoms with E-state index in [2.05, 4.69) is 5.32 Å². The van der Waals surface area contributed by atoms with Gasteiger partial charge in [-0.2, -0.15) is 0 Å². The van der Waals surface area contributed by atoms with Crippen LogP contribution in [0.3, 0.4) is 0 Å². The molecule has 0 heterocycles. The number of rotatable bonds is 3. The minimum atomic E-state index is -1.36. The Hall–Kier alpha value is -1.56. The highest BCUT2D eigenvalue weighted by Crippen LogP contribution is 2.13. The molecule has 0 spiro atoms. The number of hydrogen-bond acceptors (Lipinski definition) is 2. The summed E-state index contributed by atoms with van der Waals surface area (Å²) in [5.41, 5.74) is -0.598. The summed E-state index contributed by atoms with van der Waals surface area (Å²) >= 11 is 0. The molecule has 0 aromatic heterocycles. The second-order valence-electron chi connectivity index (χ2n) is 3.31. The number of aliphatic hydroxyl groups excluding tert-OH is 1. The van der Waals surface area contributed by atoms with Crippen LogP contribution in [0, 0.1) is 17.5 Å². The van der Waals surface area contributed by atoms with Crippen molar-refractivity contribution < 1.29 is 23.1 Å². The predicted molar refractivity (Wildman–Crippen MR) is 50.3 cm³/mol. The van der Waals surface area contributed by atoms with Crippen LogP contribution in [0.5, 0.6) is 0 Å². The van der Waals surface area contributed by atoms with Gasteiger partial charge in [0.1, 0.15) is 5.82 Å². The highest BCUT2D eigenvalue weighted by atomic mass is 19.2. The summed E-state index contributed by atoms with van der Waals surface area (Å²) in [6.07, 6.45) is -0.808. The molecule has 0 aliphatic heterocycles. The maximum absolute atomic E-state index is 13.1. The molecule has 0 fully saturated rings. The Morgan fingerprint density at radius 3 is 2.44 bits per heavy atom. The third-order valence-corrected chi connectivity index (χ3v) is 1.81. The number of carbonyl (C=O) groups is 1. The van der Waals surface area contributed by atoms with Crippen LogP contribution in [0.2, 0.25) is 0 Å². The number of benzene rings is 1. The van der Waals surface area contributed by atoms with Gasteiger partial charge in [0.2, 0.25) is 0 Å². The van der Waals surface area contributed by atoms with Crippen LogP contribution >= 0.6 is 0 Å². The molecule has 0 aliphatic rings. The molecule has 1 atom stereocenters. The van der Waals surface area contributed by atoms with Gasteiger partial charge in [-0.3, -0.25) is 4.79 Å². The summed E-state index contributed by atoms with van der Waals surface area (Å²) in [7, 11) is 0. The van der Waals surface area contributed by atoms with Gasteiger partial charge in [-0.15, -0.1) is 0 Å². The van der Waals surface area contributed by atoms with E-state index in [1.54, 1.807) is 0 Å². The van der Waals surface area contributed by atoms with E-state index in [0.717, 1.165) is 0 Å². The lowest BCUT2D eigenvalue weighted by atomic mass is 10.2. The van der Waals surface area contributed by atoms with E-state index >= 15 is 0 Å². The van der Waals surface area contributed by atoms with Gasteiger partial charge in [0.05, 0.1) is 11.7 Å². The van der Waals surface area contributed by atoms with E-state index in [4.69, 9.17) is 5.11 Å². The van der Waals surface area contributed by atoms with Crippen LogP contribution in [0.1, 0.15) is 17.3 Å². The predicted octanol–water partition coefficient (Wildman–Crippen LogP) is 1.21. The molecule has 1 rings (SSSR count). The topological polar surface area (TPSA) is 49.3 Å². The Labute approximate surface area is 89.9 Å². The molecular formula is C10H10F3NO2. The molecule has 0 saturated carbocycles. The quantitative estimate of drug-likeness (QED) is 0.771. The summed E-state index contributed by atoms with van der Waals surface area (Å²) in [5, 5.41) is 11.0. The zero-order valence-electron chi connectivity index (χ0n) is 8.43. The van der Waals surface area contributed by atoms with Crippen molar-refractivity contribution in [3.63, 3.8) is 0 Å². The first-order valence-electron chi connectivity index (χ1n) is 4.52. The van der Waals surface area contributed by atoms with Crippen molar-refractivity contribution >= 4 is 5.91 Å². The van der Waals surface area contributed by atoms with E-state index in [-0.39, 0.29) is 6.54 Å². The van der Waals surface area contributed by atoms with Crippen molar-refractivity contribution in [3.8, 4) is 0 Å². The van der Waals surface area contributed by atoms with Crippen molar-refractivity contribution in [2.45, 2.75) is 13.0 Å². The molecule has 1 amide bonds. The molecule has 0 aliphatic carbocycles. The van der Waals surface area contributed by atoms with Crippen LogP contribution in [-0.4, -0.2) is 23.7 Å². The van der Waals surface area contributed by atoms with Crippen LogP contribution in [0.15, 0.2) is 12.1 Å². The van der Waals surface area contributed by atoms with Gasteiger partial charge in [0.25, 0.3) is 5.91 Å². The minimum Gasteiger partial charge on any atom is -0.392 e. The number of halogens is 3. The molecule has 3 nitrogen and oxygen atoms in total. The molecule has 0 bridgehead atoms. The summed E-state index contributed by atoms with van der Waals surface area (Å²) < 4.78 is 38.4. The third-order valence-electron chi connectivity index (χ3n) is 1.81. The monoisotopic (exact) mass is 233 g/mol. The smallest absolute Gasteiger partial charge is 0.254 e.